The molecule has 0 radical (unpaired) electrons. The lowest BCUT2D eigenvalue weighted by atomic mass is 10.0. The lowest BCUT2D eigenvalue weighted by Gasteiger charge is -2.09. The van der Waals surface area contributed by atoms with Gasteiger partial charge in [0.15, 0.2) is 0 Å². The third-order valence-corrected chi connectivity index (χ3v) is 2.08. The van der Waals surface area contributed by atoms with Crippen LogP contribution >= 0.6 is 0 Å². The van der Waals surface area contributed by atoms with E-state index < -0.39 is 16.4 Å². The Hall–Kier alpha value is -1.53. The lowest BCUT2D eigenvalue weighted by molar-refractivity contribution is -0.387. The van der Waals surface area contributed by atoms with E-state index in [1.165, 1.54) is 12.1 Å². The second-order valence-electron chi connectivity index (χ2n) is 3.20. The predicted octanol–water partition coefficient (Wildman–Crippen LogP) is 1.73. The molecule has 0 amide bonds. The Labute approximate surface area is 85.8 Å². The standard InChI is InChI=1S/C9H11FN2O3/c1-6(5-15-11)7-2-3-8(10)9(4-7)12(13)14/h2-4,6H,5,11H2,1H3. The molecule has 0 aromatic heterocycles. The zero-order valence-electron chi connectivity index (χ0n) is 8.14. The molecule has 0 saturated carbocycles. The number of nitro groups is 1. The first-order chi connectivity index (χ1) is 7.06. The normalized spacial score (nSPS) is 12.5. The molecule has 5 nitrogen and oxygen atoms in total. The summed E-state index contributed by atoms with van der Waals surface area (Å²) in [6.07, 6.45) is 0. The minimum Gasteiger partial charge on any atom is -0.304 e. The number of nitrogens with zero attached hydrogens (tertiary/aromatic N) is 1. The number of benzene rings is 1. The Morgan fingerprint density at radius 2 is 2.33 bits per heavy atom. The van der Waals surface area contributed by atoms with Crippen molar-refractivity contribution >= 4 is 5.69 Å². The molecule has 0 spiro atoms. The highest BCUT2D eigenvalue weighted by molar-refractivity contribution is 5.37. The summed E-state index contributed by atoms with van der Waals surface area (Å²) in [5, 5.41) is 10.5. The minimum absolute atomic E-state index is 0.116. The van der Waals surface area contributed by atoms with Crippen LogP contribution in [-0.4, -0.2) is 11.5 Å². The Kier molecular flexibility index (Phi) is 3.70. The van der Waals surface area contributed by atoms with Gasteiger partial charge in [-0.1, -0.05) is 13.0 Å². The number of rotatable bonds is 4. The molecule has 0 aliphatic heterocycles. The molecule has 82 valence electrons. The Balaban J connectivity index is 3.02. The summed E-state index contributed by atoms with van der Waals surface area (Å²) in [6, 6.07) is 3.74. The molecule has 1 atom stereocenters. The molecule has 1 unspecified atom stereocenters. The Morgan fingerprint density at radius 1 is 1.67 bits per heavy atom. The summed E-state index contributed by atoms with van der Waals surface area (Å²) in [5.74, 6) is 3.93. The largest absolute Gasteiger partial charge is 0.305 e. The summed E-state index contributed by atoms with van der Waals surface area (Å²) in [4.78, 5) is 14.1. The lowest BCUT2D eigenvalue weighted by Crippen LogP contribution is -2.09. The maximum Gasteiger partial charge on any atom is 0.305 e. The molecule has 0 aliphatic rings. The molecule has 0 saturated heterocycles. The third-order valence-electron chi connectivity index (χ3n) is 2.08. The number of halogens is 1. The maximum absolute atomic E-state index is 13.0. The van der Waals surface area contributed by atoms with Crippen molar-refractivity contribution in [3.8, 4) is 0 Å². The summed E-state index contributed by atoms with van der Waals surface area (Å²) in [5.41, 5.74) is 0.0879. The van der Waals surface area contributed by atoms with Crippen molar-refractivity contribution in [2.75, 3.05) is 6.61 Å². The molecule has 0 fully saturated rings. The van der Waals surface area contributed by atoms with Crippen molar-refractivity contribution in [1.82, 2.24) is 0 Å². The van der Waals surface area contributed by atoms with Gasteiger partial charge in [0.05, 0.1) is 11.5 Å². The van der Waals surface area contributed by atoms with Crippen molar-refractivity contribution in [3.63, 3.8) is 0 Å². The highest BCUT2D eigenvalue weighted by atomic mass is 19.1. The van der Waals surface area contributed by atoms with Gasteiger partial charge in [0, 0.05) is 12.0 Å². The van der Waals surface area contributed by atoms with E-state index in [9.17, 15) is 14.5 Å². The summed E-state index contributed by atoms with van der Waals surface area (Å²) in [6.45, 7) is 2.01. The van der Waals surface area contributed by atoms with Crippen LogP contribution in [-0.2, 0) is 4.84 Å². The van der Waals surface area contributed by atoms with Gasteiger partial charge in [0.1, 0.15) is 0 Å². The molecular formula is C9H11FN2O3. The van der Waals surface area contributed by atoms with Crippen LogP contribution in [0.2, 0.25) is 0 Å². The quantitative estimate of drug-likeness (QED) is 0.611. The van der Waals surface area contributed by atoms with E-state index >= 15 is 0 Å². The van der Waals surface area contributed by atoms with Crippen molar-refractivity contribution < 1.29 is 14.2 Å². The molecule has 2 N–H and O–H groups in total. The molecule has 0 heterocycles. The van der Waals surface area contributed by atoms with Crippen LogP contribution in [0.25, 0.3) is 0 Å². The smallest absolute Gasteiger partial charge is 0.304 e. The first kappa shape index (κ1) is 11.5. The van der Waals surface area contributed by atoms with Gasteiger partial charge in [-0.3, -0.25) is 10.1 Å². The van der Waals surface area contributed by atoms with Crippen LogP contribution in [0.15, 0.2) is 18.2 Å². The molecule has 1 aromatic carbocycles. The zero-order valence-corrected chi connectivity index (χ0v) is 8.14. The van der Waals surface area contributed by atoms with E-state index in [1.54, 1.807) is 6.92 Å². The first-order valence-electron chi connectivity index (χ1n) is 4.31. The third kappa shape index (κ3) is 2.71. The van der Waals surface area contributed by atoms with Gasteiger partial charge in [0.25, 0.3) is 0 Å². The Bertz CT molecular complexity index is 370. The van der Waals surface area contributed by atoms with Gasteiger partial charge in [-0.05, 0) is 11.6 Å². The first-order valence-corrected chi connectivity index (χ1v) is 4.31. The fourth-order valence-electron chi connectivity index (χ4n) is 1.22. The van der Waals surface area contributed by atoms with E-state index in [2.05, 4.69) is 4.84 Å². The molecule has 1 rings (SSSR count). The topological polar surface area (TPSA) is 78.4 Å². The van der Waals surface area contributed by atoms with Gasteiger partial charge >= 0.3 is 5.69 Å². The maximum atomic E-state index is 13.0. The number of hydrogen-bond donors (Lipinski definition) is 1. The highest BCUT2D eigenvalue weighted by Crippen LogP contribution is 2.23. The van der Waals surface area contributed by atoms with Gasteiger partial charge < -0.3 is 4.84 Å². The number of nitro benzene ring substituents is 1. The fraction of sp³-hybridized carbons (Fsp3) is 0.333. The van der Waals surface area contributed by atoms with Crippen LogP contribution in [0.1, 0.15) is 18.4 Å². The van der Waals surface area contributed by atoms with E-state index in [0.717, 1.165) is 6.07 Å². The van der Waals surface area contributed by atoms with Crippen LogP contribution < -0.4 is 5.90 Å². The zero-order chi connectivity index (χ0) is 11.4. The van der Waals surface area contributed by atoms with Crippen molar-refractivity contribution in [2.45, 2.75) is 12.8 Å². The molecule has 15 heavy (non-hydrogen) atoms. The molecule has 0 bridgehead atoms. The van der Waals surface area contributed by atoms with Crippen molar-refractivity contribution in [2.24, 2.45) is 5.90 Å². The summed E-state index contributed by atoms with van der Waals surface area (Å²) in [7, 11) is 0. The van der Waals surface area contributed by atoms with E-state index in [0.29, 0.717) is 5.56 Å². The second kappa shape index (κ2) is 4.81. The molecular weight excluding hydrogens is 203 g/mol. The van der Waals surface area contributed by atoms with Crippen molar-refractivity contribution in [3.05, 3.63) is 39.7 Å². The second-order valence-corrected chi connectivity index (χ2v) is 3.20. The summed E-state index contributed by atoms with van der Waals surface area (Å²) < 4.78 is 13.0. The Morgan fingerprint density at radius 3 is 2.87 bits per heavy atom. The summed E-state index contributed by atoms with van der Waals surface area (Å²) >= 11 is 0. The van der Waals surface area contributed by atoms with E-state index in [4.69, 9.17) is 5.90 Å². The van der Waals surface area contributed by atoms with E-state index in [-0.39, 0.29) is 12.5 Å². The highest BCUT2D eigenvalue weighted by Gasteiger charge is 2.16. The number of nitrogens with two attached hydrogens (primary N) is 1. The van der Waals surface area contributed by atoms with Gasteiger partial charge in [0.2, 0.25) is 5.82 Å². The van der Waals surface area contributed by atoms with Crippen LogP contribution in [0, 0.1) is 15.9 Å². The average molecular weight is 214 g/mol. The monoisotopic (exact) mass is 214 g/mol. The minimum atomic E-state index is -0.843. The van der Waals surface area contributed by atoms with Crippen LogP contribution in [0.5, 0.6) is 0 Å². The number of hydrogen-bond acceptors (Lipinski definition) is 4. The predicted molar refractivity (Wildman–Crippen MR) is 51.6 cm³/mol. The molecule has 1 aromatic rings. The molecule has 0 aliphatic carbocycles. The van der Waals surface area contributed by atoms with E-state index in [1.807, 2.05) is 0 Å². The van der Waals surface area contributed by atoms with Crippen LogP contribution in [0.4, 0.5) is 10.1 Å². The van der Waals surface area contributed by atoms with Crippen molar-refractivity contribution in [1.29, 1.82) is 0 Å². The molecule has 6 heteroatoms. The van der Waals surface area contributed by atoms with Gasteiger partial charge in [-0.15, -0.1) is 0 Å². The van der Waals surface area contributed by atoms with Gasteiger partial charge in [-0.25, -0.2) is 5.90 Å². The van der Waals surface area contributed by atoms with Crippen LogP contribution in [0.3, 0.4) is 0 Å². The fourth-order valence-corrected chi connectivity index (χ4v) is 1.22. The van der Waals surface area contributed by atoms with Gasteiger partial charge in [-0.2, -0.15) is 4.39 Å². The SMILES string of the molecule is CC(CON)c1ccc(F)c([N+](=O)[O-])c1. The average Bonchev–Trinajstić information content (AvgIpc) is 2.18.